The van der Waals surface area contributed by atoms with Gasteiger partial charge in [0.05, 0.1) is 0 Å². The molecule has 1 aliphatic rings. The van der Waals surface area contributed by atoms with Crippen LogP contribution < -0.4 is 10.6 Å². The smallest absolute Gasteiger partial charge is 0.315 e. The number of rotatable bonds is 6. The van der Waals surface area contributed by atoms with Crippen LogP contribution in [0.2, 0.25) is 0 Å². The second kappa shape index (κ2) is 9.18. The Morgan fingerprint density at radius 1 is 1.12 bits per heavy atom. The Hall–Kier alpha value is -2.40. The summed E-state index contributed by atoms with van der Waals surface area (Å²) in [7, 11) is 0. The van der Waals surface area contributed by atoms with Gasteiger partial charge in [-0.15, -0.1) is 0 Å². The molecule has 2 amide bonds. The van der Waals surface area contributed by atoms with Gasteiger partial charge >= 0.3 is 6.03 Å². The number of nitrogens with zero attached hydrogens (tertiary/aromatic N) is 2. The zero-order valence-corrected chi connectivity index (χ0v) is 14.5. The Morgan fingerprint density at radius 3 is 2.72 bits per heavy atom. The zero-order chi connectivity index (χ0) is 17.3. The minimum absolute atomic E-state index is 0.0689. The summed E-state index contributed by atoms with van der Waals surface area (Å²) in [5, 5.41) is 6.07. The van der Waals surface area contributed by atoms with Crippen LogP contribution in [-0.4, -0.2) is 41.6 Å². The maximum Gasteiger partial charge on any atom is 0.315 e. The van der Waals surface area contributed by atoms with Crippen molar-refractivity contribution >= 4 is 6.03 Å². The minimum Gasteiger partial charge on any atom is -0.338 e. The molecule has 0 saturated carbocycles. The van der Waals surface area contributed by atoms with Crippen molar-refractivity contribution in [2.24, 2.45) is 0 Å². The molecule has 0 aliphatic carbocycles. The summed E-state index contributed by atoms with van der Waals surface area (Å²) >= 11 is 0. The summed E-state index contributed by atoms with van der Waals surface area (Å²) in [4.78, 5) is 18.5. The van der Waals surface area contributed by atoms with Gasteiger partial charge in [-0.05, 0) is 49.1 Å². The van der Waals surface area contributed by atoms with E-state index in [0.717, 1.165) is 38.9 Å². The predicted octanol–water partition coefficient (Wildman–Crippen LogP) is 2.59. The van der Waals surface area contributed by atoms with Crippen molar-refractivity contribution in [3.05, 3.63) is 66.0 Å². The van der Waals surface area contributed by atoms with Crippen LogP contribution in [0.1, 0.15) is 24.0 Å². The molecule has 1 atom stereocenters. The van der Waals surface area contributed by atoms with Crippen molar-refractivity contribution in [2.45, 2.75) is 31.8 Å². The number of carbonyl (C=O) groups excluding carboxylic acids is 1. The van der Waals surface area contributed by atoms with Crippen molar-refractivity contribution in [1.29, 1.82) is 0 Å². The maximum absolute atomic E-state index is 12.1. The summed E-state index contributed by atoms with van der Waals surface area (Å²) in [5.74, 6) is 0. The molecule has 0 bridgehead atoms. The molecule has 0 radical (unpaired) electrons. The van der Waals surface area contributed by atoms with E-state index in [0.29, 0.717) is 6.54 Å². The molecule has 1 aromatic heterocycles. The molecule has 2 heterocycles. The second-order valence-electron chi connectivity index (χ2n) is 6.57. The molecule has 1 saturated heterocycles. The van der Waals surface area contributed by atoms with Crippen molar-refractivity contribution in [2.75, 3.05) is 19.6 Å². The quantitative estimate of drug-likeness (QED) is 0.851. The average molecular weight is 338 g/mol. The lowest BCUT2D eigenvalue weighted by atomic mass is 10.0. The van der Waals surface area contributed by atoms with Crippen LogP contribution in [0.25, 0.3) is 0 Å². The molecule has 1 aromatic carbocycles. The molecule has 25 heavy (non-hydrogen) atoms. The summed E-state index contributed by atoms with van der Waals surface area (Å²) in [6.45, 7) is 3.59. The van der Waals surface area contributed by atoms with Gasteiger partial charge in [0.15, 0.2) is 0 Å². The fraction of sp³-hybridized carbons (Fsp3) is 0.400. The van der Waals surface area contributed by atoms with E-state index in [1.807, 2.05) is 18.2 Å². The minimum atomic E-state index is -0.0689. The summed E-state index contributed by atoms with van der Waals surface area (Å²) in [6.07, 6.45) is 6.54. The Morgan fingerprint density at radius 2 is 1.92 bits per heavy atom. The number of aromatic nitrogens is 1. The maximum atomic E-state index is 12.1. The topological polar surface area (TPSA) is 57.3 Å². The molecule has 5 heteroatoms. The Labute approximate surface area is 149 Å². The fourth-order valence-electron chi connectivity index (χ4n) is 3.26. The van der Waals surface area contributed by atoms with Gasteiger partial charge in [0.2, 0.25) is 0 Å². The van der Waals surface area contributed by atoms with Crippen molar-refractivity contribution in [1.82, 2.24) is 20.5 Å². The second-order valence-corrected chi connectivity index (χ2v) is 6.57. The molecule has 2 N–H and O–H groups in total. The van der Waals surface area contributed by atoms with Gasteiger partial charge in [-0.2, -0.15) is 0 Å². The molecule has 2 aromatic rings. The highest BCUT2D eigenvalue weighted by atomic mass is 16.2. The van der Waals surface area contributed by atoms with Gasteiger partial charge in [-0.3, -0.25) is 9.88 Å². The van der Waals surface area contributed by atoms with Crippen LogP contribution in [0.3, 0.4) is 0 Å². The van der Waals surface area contributed by atoms with Crippen molar-refractivity contribution in [3.63, 3.8) is 0 Å². The normalized spacial score (nSPS) is 17.8. The lowest BCUT2D eigenvalue weighted by molar-refractivity contribution is 0.180. The number of likely N-dealkylation sites (tertiary alicyclic amines) is 1. The van der Waals surface area contributed by atoms with Crippen LogP contribution in [0.4, 0.5) is 4.79 Å². The first-order valence-electron chi connectivity index (χ1n) is 8.99. The standard InChI is InChI=1S/C20H26N4O/c25-20(22-13-10-17-8-11-21-12-9-17)23-19-7-4-14-24(16-19)15-18-5-2-1-3-6-18/h1-3,5-6,8-9,11-12,19H,4,7,10,13-16H2,(H2,22,23,25)/t19-/m1/s1. The monoisotopic (exact) mass is 338 g/mol. The third kappa shape index (κ3) is 5.87. The third-order valence-corrected chi connectivity index (χ3v) is 4.54. The molecule has 1 fully saturated rings. The number of nitrogens with one attached hydrogen (secondary N) is 2. The van der Waals surface area contributed by atoms with Gasteiger partial charge in [-0.1, -0.05) is 30.3 Å². The van der Waals surface area contributed by atoms with E-state index in [9.17, 15) is 4.79 Å². The van der Waals surface area contributed by atoms with Crippen molar-refractivity contribution in [3.8, 4) is 0 Å². The third-order valence-electron chi connectivity index (χ3n) is 4.54. The van der Waals surface area contributed by atoms with Crippen LogP contribution in [0, 0.1) is 0 Å². The van der Waals surface area contributed by atoms with E-state index in [1.54, 1.807) is 12.4 Å². The lowest BCUT2D eigenvalue weighted by Crippen LogP contribution is -2.50. The first-order chi connectivity index (χ1) is 12.3. The Bertz CT molecular complexity index is 647. The van der Waals surface area contributed by atoms with Crippen LogP contribution in [0.5, 0.6) is 0 Å². The summed E-state index contributed by atoms with van der Waals surface area (Å²) < 4.78 is 0. The Balaban J connectivity index is 1.39. The molecule has 0 spiro atoms. The molecular formula is C20H26N4O. The SMILES string of the molecule is O=C(NCCc1ccncc1)N[C@@H]1CCCN(Cc2ccccc2)C1. The van der Waals surface area contributed by atoms with Crippen molar-refractivity contribution < 1.29 is 4.79 Å². The van der Waals surface area contributed by atoms with Crippen LogP contribution in [-0.2, 0) is 13.0 Å². The number of hydrogen-bond donors (Lipinski definition) is 2. The molecule has 1 aliphatic heterocycles. The average Bonchev–Trinajstić information content (AvgIpc) is 2.64. The highest BCUT2D eigenvalue weighted by molar-refractivity contribution is 5.74. The van der Waals surface area contributed by atoms with E-state index >= 15 is 0 Å². The number of urea groups is 1. The first kappa shape index (κ1) is 17.4. The van der Waals surface area contributed by atoms with Crippen LogP contribution >= 0.6 is 0 Å². The van der Waals surface area contributed by atoms with E-state index in [1.165, 1.54) is 11.1 Å². The van der Waals surface area contributed by atoms with Crippen LogP contribution in [0.15, 0.2) is 54.9 Å². The molecule has 132 valence electrons. The summed E-state index contributed by atoms with van der Waals surface area (Å²) in [6, 6.07) is 14.6. The predicted molar refractivity (Wildman–Crippen MR) is 99.2 cm³/mol. The fourth-order valence-corrected chi connectivity index (χ4v) is 3.26. The lowest BCUT2D eigenvalue weighted by Gasteiger charge is -2.33. The molecule has 3 rings (SSSR count). The Kier molecular flexibility index (Phi) is 6.40. The number of amides is 2. The zero-order valence-electron chi connectivity index (χ0n) is 14.5. The highest BCUT2D eigenvalue weighted by Gasteiger charge is 2.21. The molecule has 5 nitrogen and oxygen atoms in total. The number of hydrogen-bond acceptors (Lipinski definition) is 3. The van der Waals surface area contributed by atoms with E-state index in [4.69, 9.17) is 0 Å². The van der Waals surface area contributed by atoms with Gasteiger partial charge in [-0.25, -0.2) is 4.79 Å². The molecular weight excluding hydrogens is 312 g/mol. The molecule has 0 unspecified atom stereocenters. The number of benzene rings is 1. The van der Waals surface area contributed by atoms with E-state index in [-0.39, 0.29) is 12.1 Å². The number of piperidine rings is 1. The number of pyridine rings is 1. The summed E-state index contributed by atoms with van der Waals surface area (Å²) in [5.41, 5.74) is 2.51. The first-order valence-corrected chi connectivity index (χ1v) is 8.99. The van der Waals surface area contributed by atoms with Gasteiger partial charge < -0.3 is 10.6 Å². The number of carbonyl (C=O) groups is 1. The van der Waals surface area contributed by atoms with Gasteiger partial charge in [0.25, 0.3) is 0 Å². The van der Waals surface area contributed by atoms with E-state index in [2.05, 4.69) is 44.8 Å². The largest absolute Gasteiger partial charge is 0.338 e. The van der Waals surface area contributed by atoms with E-state index < -0.39 is 0 Å². The highest BCUT2D eigenvalue weighted by Crippen LogP contribution is 2.13. The van der Waals surface area contributed by atoms with Gasteiger partial charge in [0.1, 0.15) is 0 Å². The van der Waals surface area contributed by atoms with Gasteiger partial charge in [0, 0.05) is 38.1 Å².